The van der Waals surface area contributed by atoms with E-state index in [0.717, 1.165) is 6.07 Å². The van der Waals surface area contributed by atoms with Crippen molar-refractivity contribution in [1.82, 2.24) is 0 Å². The molecule has 0 fully saturated rings. The zero-order valence-corrected chi connectivity index (χ0v) is 15.2. The SMILES string of the molecule is CCOC(CCCc1cccc(C(F)(F)F)c1)(O[SiH3])OCC. The summed E-state index contributed by atoms with van der Waals surface area (Å²) in [5, 5.41) is 0. The number of hydrogen-bond donors (Lipinski definition) is 0. The molecule has 0 aliphatic rings. The smallest absolute Gasteiger partial charge is 0.380 e. The van der Waals surface area contributed by atoms with E-state index in [2.05, 4.69) is 0 Å². The summed E-state index contributed by atoms with van der Waals surface area (Å²) in [6.07, 6.45) is -2.71. The molecule has 0 bridgehead atoms. The van der Waals surface area contributed by atoms with Crippen LogP contribution in [-0.2, 0) is 26.5 Å². The summed E-state index contributed by atoms with van der Waals surface area (Å²) in [5.74, 6) is -1.06. The van der Waals surface area contributed by atoms with Gasteiger partial charge in [0.2, 0.25) is 0 Å². The summed E-state index contributed by atoms with van der Waals surface area (Å²) in [6.45, 7) is 4.60. The molecule has 1 aromatic carbocycles. The first-order valence-corrected chi connectivity index (χ1v) is 8.17. The zero-order valence-electron chi connectivity index (χ0n) is 13.2. The maximum absolute atomic E-state index is 12.7. The fourth-order valence-electron chi connectivity index (χ4n) is 2.26. The first-order valence-electron chi connectivity index (χ1n) is 7.36. The van der Waals surface area contributed by atoms with E-state index in [0.29, 0.717) is 48.5 Å². The lowest BCUT2D eigenvalue weighted by atomic mass is 10.0. The van der Waals surface area contributed by atoms with Gasteiger partial charge in [-0.2, -0.15) is 13.2 Å². The number of aryl methyl sites for hydroxylation is 1. The maximum Gasteiger partial charge on any atom is 0.416 e. The third kappa shape index (κ3) is 5.72. The van der Waals surface area contributed by atoms with Gasteiger partial charge in [-0.25, -0.2) is 0 Å². The number of halogens is 3. The standard InChI is InChI=1S/C15H23F3O3Si/c1-3-19-14(21-22,20-4-2)10-6-8-12-7-5-9-13(11-12)15(16,17)18/h5,7,9,11H,3-4,6,8,10H2,1-2,22H3. The van der Waals surface area contributed by atoms with Gasteiger partial charge in [0.05, 0.1) is 5.56 Å². The molecular formula is C15H23F3O3Si. The second-order valence-electron chi connectivity index (χ2n) is 4.80. The van der Waals surface area contributed by atoms with Crippen molar-refractivity contribution in [3.8, 4) is 0 Å². The second kappa shape index (κ2) is 8.66. The number of ether oxygens (including phenoxy) is 2. The van der Waals surface area contributed by atoms with Crippen LogP contribution in [0, 0.1) is 0 Å². The molecule has 0 amide bonds. The van der Waals surface area contributed by atoms with Crippen molar-refractivity contribution in [3.63, 3.8) is 0 Å². The monoisotopic (exact) mass is 336 g/mol. The second-order valence-corrected chi connectivity index (χ2v) is 5.21. The number of rotatable bonds is 9. The van der Waals surface area contributed by atoms with E-state index in [1.54, 1.807) is 6.07 Å². The van der Waals surface area contributed by atoms with Crippen LogP contribution in [0.1, 0.15) is 37.8 Å². The summed E-state index contributed by atoms with van der Waals surface area (Å²) in [5.41, 5.74) is 0.0232. The fraction of sp³-hybridized carbons (Fsp3) is 0.600. The molecule has 0 aliphatic heterocycles. The van der Waals surface area contributed by atoms with Crippen molar-refractivity contribution >= 4 is 10.5 Å². The lowest BCUT2D eigenvalue weighted by molar-refractivity contribution is -0.343. The van der Waals surface area contributed by atoms with Crippen LogP contribution in [-0.4, -0.2) is 29.7 Å². The quantitative estimate of drug-likeness (QED) is 0.512. The normalized spacial score (nSPS) is 12.8. The van der Waals surface area contributed by atoms with Gasteiger partial charge in [-0.15, -0.1) is 0 Å². The van der Waals surface area contributed by atoms with Gasteiger partial charge in [0.15, 0.2) is 10.5 Å². The highest BCUT2D eigenvalue weighted by atomic mass is 28.2. The van der Waals surface area contributed by atoms with E-state index >= 15 is 0 Å². The van der Waals surface area contributed by atoms with Crippen LogP contribution in [0.15, 0.2) is 24.3 Å². The Morgan fingerprint density at radius 1 is 1.09 bits per heavy atom. The Morgan fingerprint density at radius 2 is 1.73 bits per heavy atom. The summed E-state index contributed by atoms with van der Waals surface area (Å²) >= 11 is 0. The molecule has 126 valence electrons. The summed E-state index contributed by atoms with van der Waals surface area (Å²) in [4.78, 5) is 0. The number of alkyl halides is 3. The largest absolute Gasteiger partial charge is 0.416 e. The van der Waals surface area contributed by atoms with Crippen molar-refractivity contribution < 1.29 is 27.1 Å². The molecule has 0 aromatic heterocycles. The van der Waals surface area contributed by atoms with E-state index in [4.69, 9.17) is 13.9 Å². The Morgan fingerprint density at radius 3 is 2.23 bits per heavy atom. The average molecular weight is 336 g/mol. The predicted molar refractivity (Wildman–Crippen MR) is 81.4 cm³/mol. The van der Waals surface area contributed by atoms with Gasteiger partial charge >= 0.3 is 6.18 Å². The van der Waals surface area contributed by atoms with Gasteiger partial charge in [0.1, 0.15) is 0 Å². The van der Waals surface area contributed by atoms with Gasteiger partial charge < -0.3 is 13.9 Å². The maximum atomic E-state index is 12.7. The third-order valence-electron chi connectivity index (χ3n) is 3.24. The molecule has 0 radical (unpaired) electrons. The number of benzene rings is 1. The molecule has 0 atom stereocenters. The first-order chi connectivity index (χ1) is 10.4. The van der Waals surface area contributed by atoms with Crippen molar-refractivity contribution in [2.24, 2.45) is 0 Å². The molecule has 22 heavy (non-hydrogen) atoms. The third-order valence-corrected chi connectivity index (χ3v) is 3.86. The van der Waals surface area contributed by atoms with Crippen molar-refractivity contribution in [2.45, 2.75) is 45.3 Å². The molecular weight excluding hydrogens is 313 g/mol. The molecule has 0 unspecified atom stereocenters. The van der Waals surface area contributed by atoms with Crippen molar-refractivity contribution in [1.29, 1.82) is 0 Å². The van der Waals surface area contributed by atoms with Crippen molar-refractivity contribution in [3.05, 3.63) is 35.4 Å². The molecule has 0 saturated carbocycles. The molecule has 0 N–H and O–H groups in total. The topological polar surface area (TPSA) is 27.7 Å². The zero-order chi connectivity index (χ0) is 16.6. The Hall–Kier alpha value is -0.893. The fourth-order valence-corrected chi connectivity index (χ4v) is 2.70. The van der Waals surface area contributed by atoms with Gasteiger partial charge in [-0.1, -0.05) is 18.2 Å². The predicted octanol–water partition coefficient (Wildman–Crippen LogP) is 3.05. The molecule has 0 aliphatic carbocycles. The minimum atomic E-state index is -4.31. The van der Waals surface area contributed by atoms with Crippen LogP contribution in [0.25, 0.3) is 0 Å². The van der Waals surface area contributed by atoms with E-state index in [9.17, 15) is 13.2 Å². The molecule has 7 heteroatoms. The Labute approximate surface area is 132 Å². The molecule has 0 spiro atoms. The molecule has 0 saturated heterocycles. The van der Waals surface area contributed by atoms with E-state index in [1.165, 1.54) is 12.1 Å². The molecule has 1 rings (SSSR count). The van der Waals surface area contributed by atoms with Crippen LogP contribution in [0.2, 0.25) is 0 Å². The van der Waals surface area contributed by atoms with Crippen LogP contribution in [0.5, 0.6) is 0 Å². The van der Waals surface area contributed by atoms with Gasteiger partial charge in [0, 0.05) is 19.6 Å². The summed E-state index contributed by atoms with van der Waals surface area (Å²) in [7, 11) is 0.455. The first kappa shape index (κ1) is 19.2. The highest BCUT2D eigenvalue weighted by molar-refractivity contribution is 5.98. The van der Waals surface area contributed by atoms with Crippen LogP contribution >= 0.6 is 0 Å². The van der Waals surface area contributed by atoms with Crippen molar-refractivity contribution in [2.75, 3.05) is 13.2 Å². The Kier molecular flexibility index (Phi) is 7.54. The summed E-state index contributed by atoms with van der Waals surface area (Å²) in [6, 6.07) is 5.39. The van der Waals surface area contributed by atoms with E-state index in [1.807, 2.05) is 13.8 Å². The Bertz CT molecular complexity index is 446. The molecule has 1 aromatic rings. The van der Waals surface area contributed by atoms with Crippen LogP contribution in [0.3, 0.4) is 0 Å². The average Bonchev–Trinajstić information content (AvgIpc) is 2.47. The van der Waals surface area contributed by atoms with E-state index < -0.39 is 17.7 Å². The highest BCUT2D eigenvalue weighted by Crippen LogP contribution is 2.30. The minimum Gasteiger partial charge on any atom is -0.380 e. The lowest BCUT2D eigenvalue weighted by Gasteiger charge is -2.32. The Balaban J connectivity index is 2.65. The lowest BCUT2D eigenvalue weighted by Crippen LogP contribution is -2.38. The van der Waals surface area contributed by atoms with Gasteiger partial charge in [-0.05, 0) is 38.3 Å². The highest BCUT2D eigenvalue weighted by Gasteiger charge is 2.31. The molecule has 3 nitrogen and oxygen atoms in total. The van der Waals surface area contributed by atoms with E-state index in [-0.39, 0.29) is 0 Å². The van der Waals surface area contributed by atoms with Gasteiger partial charge in [0.25, 0.3) is 5.97 Å². The molecule has 0 heterocycles. The minimum absolute atomic E-state index is 0.450. The van der Waals surface area contributed by atoms with Crippen LogP contribution < -0.4 is 0 Å². The number of hydrogen-bond acceptors (Lipinski definition) is 3. The summed E-state index contributed by atoms with van der Waals surface area (Å²) < 4.78 is 54.6. The van der Waals surface area contributed by atoms with Crippen LogP contribution in [0.4, 0.5) is 13.2 Å². The van der Waals surface area contributed by atoms with Gasteiger partial charge in [-0.3, -0.25) is 0 Å².